The zero-order valence-electron chi connectivity index (χ0n) is 12.5. The fraction of sp³-hybridized carbons (Fsp3) is 0.278. The van der Waals surface area contributed by atoms with Crippen molar-refractivity contribution in [1.82, 2.24) is 5.32 Å². The van der Waals surface area contributed by atoms with Crippen LogP contribution in [0.25, 0.3) is 0 Å². The fourth-order valence-electron chi connectivity index (χ4n) is 2.57. The van der Waals surface area contributed by atoms with Gasteiger partial charge in [-0.3, -0.25) is 0 Å². The molecule has 0 fully saturated rings. The first-order valence-corrected chi connectivity index (χ1v) is 7.15. The predicted molar refractivity (Wildman–Crippen MR) is 84.7 cm³/mol. The van der Waals surface area contributed by atoms with Crippen LogP contribution in [0.5, 0.6) is 0 Å². The molecule has 0 saturated carbocycles. The van der Waals surface area contributed by atoms with Crippen LogP contribution in [0.1, 0.15) is 32.6 Å². The van der Waals surface area contributed by atoms with Gasteiger partial charge < -0.3 is 10.4 Å². The van der Waals surface area contributed by atoms with E-state index in [9.17, 15) is 4.79 Å². The van der Waals surface area contributed by atoms with Gasteiger partial charge in [-0.05, 0) is 44.0 Å². The molecule has 0 aliphatic heterocycles. The van der Waals surface area contributed by atoms with E-state index in [1.165, 1.54) is 16.7 Å². The molecule has 0 aliphatic rings. The van der Waals surface area contributed by atoms with E-state index >= 15 is 0 Å². The summed E-state index contributed by atoms with van der Waals surface area (Å²) in [7, 11) is 0. The highest BCUT2D eigenvalue weighted by molar-refractivity contribution is 5.89. The molecule has 0 spiro atoms. The van der Waals surface area contributed by atoms with Crippen LogP contribution >= 0.6 is 0 Å². The third kappa shape index (κ3) is 4.43. The zero-order chi connectivity index (χ0) is 15.2. The molecular formula is C18H21NO2. The van der Waals surface area contributed by atoms with E-state index in [1.807, 2.05) is 12.1 Å². The topological polar surface area (TPSA) is 49.3 Å². The largest absolute Gasteiger partial charge is 0.478 e. The maximum atomic E-state index is 11.1. The first-order valence-electron chi connectivity index (χ1n) is 7.15. The number of benzene rings is 2. The molecular weight excluding hydrogens is 262 g/mol. The Kier molecular flexibility index (Phi) is 5.12. The summed E-state index contributed by atoms with van der Waals surface area (Å²) in [5, 5.41) is 12.5. The van der Waals surface area contributed by atoms with Crippen molar-refractivity contribution in [2.24, 2.45) is 0 Å². The lowest BCUT2D eigenvalue weighted by atomic mass is 10.0. The highest BCUT2D eigenvalue weighted by Crippen LogP contribution is 2.10. The minimum Gasteiger partial charge on any atom is -0.478 e. The molecule has 0 saturated heterocycles. The molecule has 2 aromatic rings. The number of carboxylic acids is 1. The van der Waals surface area contributed by atoms with Gasteiger partial charge in [-0.2, -0.15) is 0 Å². The van der Waals surface area contributed by atoms with Crippen LogP contribution in [0.15, 0.2) is 42.5 Å². The molecule has 3 heteroatoms. The number of carboxylic acid groups (broad SMARTS) is 1. The van der Waals surface area contributed by atoms with Crippen molar-refractivity contribution in [2.45, 2.75) is 26.8 Å². The molecule has 0 atom stereocenters. The van der Waals surface area contributed by atoms with Gasteiger partial charge in [0.15, 0.2) is 0 Å². The lowest BCUT2D eigenvalue weighted by molar-refractivity contribution is 0.0695. The SMILES string of the molecule is Cc1cc(C)cc(CNCCc2ccccc2C(=O)O)c1. The second-order valence-electron chi connectivity index (χ2n) is 5.39. The van der Waals surface area contributed by atoms with Crippen molar-refractivity contribution in [3.8, 4) is 0 Å². The third-order valence-corrected chi connectivity index (χ3v) is 3.43. The highest BCUT2D eigenvalue weighted by Gasteiger charge is 2.08. The molecule has 2 rings (SSSR count). The molecule has 0 bridgehead atoms. The van der Waals surface area contributed by atoms with Crippen molar-refractivity contribution in [3.05, 3.63) is 70.3 Å². The highest BCUT2D eigenvalue weighted by atomic mass is 16.4. The van der Waals surface area contributed by atoms with Crippen molar-refractivity contribution < 1.29 is 9.90 Å². The van der Waals surface area contributed by atoms with Crippen molar-refractivity contribution in [2.75, 3.05) is 6.54 Å². The molecule has 0 radical (unpaired) electrons. The molecule has 0 unspecified atom stereocenters. The van der Waals surface area contributed by atoms with E-state index in [1.54, 1.807) is 12.1 Å². The number of rotatable bonds is 6. The minimum atomic E-state index is -0.861. The first kappa shape index (κ1) is 15.3. The van der Waals surface area contributed by atoms with Crippen molar-refractivity contribution in [1.29, 1.82) is 0 Å². The van der Waals surface area contributed by atoms with Crippen LogP contribution in [0.3, 0.4) is 0 Å². The Labute approximate surface area is 125 Å². The Bertz CT molecular complexity index is 615. The van der Waals surface area contributed by atoms with Crippen LogP contribution in [0.2, 0.25) is 0 Å². The second-order valence-corrected chi connectivity index (χ2v) is 5.39. The van der Waals surface area contributed by atoms with E-state index in [2.05, 4.69) is 37.4 Å². The Hall–Kier alpha value is -2.13. The van der Waals surface area contributed by atoms with Gasteiger partial charge in [0.2, 0.25) is 0 Å². The van der Waals surface area contributed by atoms with Crippen molar-refractivity contribution in [3.63, 3.8) is 0 Å². The number of aromatic carboxylic acids is 1. The molecule has 0 heterocycles. The lowest BCUT2D eigenvalue weighted by Crippen LogP contribution is -2.18. The minimum absolute atomic E-state index is 0.394. The van der Waals surface area contributed by atoms with Gasteiger partial charge in [-0.1, -0.05) is 47.5 Å². The summed E-state index contributed by atoms with van der Waals surface area (Å²) < 4.78 is 0. The molecule has 110 valence electrons. The maximum absolute atomic E-state index is 11.1. The van der Waals surface area contributed by atoms with E-state index in [4.69, 9.17) is 5.11 Å². The molecule has 2 N–H and O–H groups in total. The third-order valence-electron chi connectivity index (χ3n) is 3.43. The van der Waals surface area contributed by atoms with Gasteiger partial charge >= 0.3 is 5.97 Å². The number of aryl methyl sites for hydroxylation is 2. The second kappa shape index (κ2) is 7.04. The Morgan fingerprint density at radius 1 is 1.10 bits per heavy atom. The molecule has 0 amide bonds. The van der Waals surface area contributed by atoms with Gasteiger partial charge in [0.1, 0.15) is 0 Å². The zero-order valence-corrected chi connectivity index (χ0v) is 12.5. The first-order chi connectivity index (χ1) is 10.1. The summed E-state index contributed by atoms with van der Waals surface area (Å²) in [6.07, 6.45) is 0.716. The van der Waals surface area contributed by atoms with Crippen LogP contribution in [-0.4, -0.2) is 17.6 Å². The quantitative estimate of drug-likeness (QED) is 0.799. The maximum Gasteiger partial charge on any atom is 0.335 e. The lowest BCUT2D eigenvalue weighted by Gasteiger charge is -2.09. The van der Waals surface area contributed by atoms with Gasteiger partial charge in [-0.25, -0.2) is 4.79 Å². The van der Waals surface area contributed by atoms with Crippen LogP contribution in [-0.2, 0) is 13.0 Å². The Balaban J connectivity index is 1.89. The average molecular weight is 283 g/mol. The molecule has 0 aromatic heterocycles. The van der Waals surface area contributed by atoms with Crippen LogP contribution in [0.4, 0.5) is 0 Å². The fourth-order valence-corrected chi connectivity index (χ4v) is 2.57. The van der Waals surface area contributed by atoms with E-state index in [-0.39, 0.29) is 0 Å². The monoisotopic (exact) mass is 283 g/mol. The molecule has 3 nitrogen and oxygen atoms in total. The van der Waals surface area contributed by atoms with Crippen LogP contribution in [0, 0.1) is 13.8 Å². The number of carbonyl (C=O) groups is 1. The number of hydrogen-bond acceptors (Lipinski definition) is 2. The summed E-state index contributed by atoms with van der Waals surface area (Å²) in [6.45, 7) is 5.76. The Morgan fingerprint density at radius 2 is 1.76 bits per heavy atom. The summed E-state index contributed by atoms with van der Waals surface area (Å²) in [5.74, 6) is -0.861. The summed E-state index contributed by atoms with van der Waals surface area (Å²) in [5.41, 5.74) is 5.06. The standard InChI is InChI=1S/C18H21NO2/c1-13-9-14(2)11-15(10-13)12-19-8-7-16-5-3-4-6-17(16)18(20)21/h3-6,9-11,19H,7-8,12H2,1-2H3,(H,20,21). The van der Waals surface area contributed by atoms with Crippen molar-refractivity contribution >= 4 is 5.97 Å². The molecule has 0 aliphatic carbocycles. The molecule has 2 aromatic carbocycles. The van der Waals surface area contributed by atoms with E-state index < -0.39 is 5.97 Å². The van der Waals surface area contributed by atoms with Gasteiger partial charge in [-0.15, -0.1) is 0 Å². The summed E-state index contributed by atoms with van der Waals surface area (Å²) >= 11 is 0. The molecule has 21 heavy (non-hydrogen) atoms. The van der Waals surface area contributed by atoms with Gasteiger partial charge in [0, 0.05) is 6.54 Å². The van der Waals surface area contributed by atoms with Gasteiger partial charge in [0.05, 0.1) is 5.56 Å². The average Bonchev–Trinajstić information content (AvgIpc) is 2.43. The predicted octanol–water partition coefficient (Wildman–Crippen LogP) is 3.33. The normalized spacial score (nSPS) is 10.6. The van der Waals surface area contributed by atoms with Crippen LogP contribution < -0.4 is 5.32 Å². The summed E-state index contributed by atoms with van der Waals surface area (Å²) in [6, 6.07) is 13.7. The van der Waals surface area contributed by atoms with E-state index in [0.29, 0.717) is 12.0 Å². The summed E-state index contributed by atoms with van der Waals surface area (Å²) in [4.78, 5) is 11.1. The smallest absolute Gasteiger partial charge is 0.335 e. The van der Waals surface area contributed by atoms with Gasteiger partial charge in [0.25, 0.3) is 0 Å². The number of hydrogen-bond donors (Lipinski definition) is 2. The number of nitrogens with one attached hydrogen (secondary N) is 1. The van der Waals surface area contributed by atoms with E-state index in [0.717, 1.165) is 18.7 Å². The Morgan fingerprint density at radius 3 is 2.43 bits per heavy atom.